The summed E-state index contributed by atoms with van der Waals surface area (Å²) < 4.78 is 33.4. The summed E-state index contributed by atoms with van der Waals surface area (Å²) in [7, 11) is 0. The maximum Gasteiger partial charge on any atom is 0.490 e. The molecule has 0 spiro atoms. The topological polar surface area (TPSA) is 108 Å². The first-order valence-electron chi connectivity index (χ1n) is 8.18. The van der Waals surface area contributed by atoms with Crippen molar-refractivity contribution >= 4 is 28.6 Å². The highest BCUT2D eigenvalue weighted by molar-refractivity contribution is 6.32. The number of nitrogens with zero attached hydrogens (tertiary/aromatic N) is 4. The fraction of sp³-hybridized carbons (Fsp3) is 0.0526. The molecule has 0 saturated carbocycles. The Balaban J connectivity index is 0.000000318. The Morgan fingerprint density at radius 2 is 2.00 bits per heavy atom. The molecule has 2 N–H and O–H groups in total. The molecule has 0 saturated heterocycles. The molecule has 3 aromatic heterocycles. The van der Waals surface area contributed by atoms with Crippen LogP contribution in [0.1, 0.15) is 5.56 Å². The van der Waals surface area contributed by atoms with Gasteiger partial charge in [0.2, 0.25) is 0 Å². The second-order valence-corrected chi connectivity index (χ2v) is 6.26. The number of H-pyrrole nitrogens is 1. The van der Waals surface area contributed by atoms with Crippen LogP contribution in [-0.2, 0) is 4.79 Å². The molecule has 11 heteroatoms. The number of benzene rings is 1. The molecule has 0 aliphatic rings. The maximum atomic E-state index is 10.6. The number of pyridine rings is 1. The number of nitrogens with one attached hydrogen (secondary N) is 1. The Hall–Kier alpha value is -3.84. The molecule has 152 valence electrons. The number of nitriles is 1. The van der Waals surface area contributed by atoms with Crippen molar-refractivity contribution in [3.05, 3.63) is 65.7 Å². The highest BCUT2D eigenvalue weighted by Crippen LogP contribution is 2.28. The SMILES string of the molecule is N#Cc1ccc(-n2cc(-c3ccnc4[nH]ccc34)cn2)c(Cl)c1.O=C(O)C(F)(F)F. The summed E-state index contributed by atoms with van der Waals surface area (Å²) in [4.78, 5) is 16.3. The van der Waals surface area contributed by atoms with Gasteiger partial charge in [0.15, 0.2) is 0 Å². The molecule has 0 amide bonds. The third-order valence-electron chi connectivity index (χ3n) is 3.92. The molecule has 0 aliphatic carbocycles. The molecule has 0 fully saturated rings. The van der Waals surface area contributed by atoms with Crippen LogP contribution >= 0.6 is 11.6 Å². The Morgan fingerprint density at radius 1 is 1.27 bits per heavy atom. The first-order valence-corrected chi connectivity index (χ1v) is 8.56. The third kappa shape index (κ3) is 4.42. The van der Waals surface area contributed by atoms with E-state index in [-0.39, 0.29) is 0 Å². The Morgan fingerprint density at radius 3 is 2.63 bits per heavy atom. The van der Waals surface area contributed by atoms with Crippen molar-refractivity contribution in [2.45, 2.75) is 6.18 Å². The third-order valence-corrected chi connectivity index (χ3v) is 4.22. The molecule has 4 aromatic rings. The van der Waals surface area contributed by atoms with Gasteiger partial charge in [-0.05, 0) is 35.9 Å². The van der Waals surface area contributed by atoms with E-state index in [1.54, 1.807) is 35.3 Å². The lowest BCUT2D eigenvalue weighted by Gasteiger charge is -2.04. The van der Waals surface area contributed by atoms with Crippen molar-refractivity contribution in [3.63, 3.8) is 0 Å². The van der Waals surface area contributed by atoms with E-state index in [0.717, 1.165) is 27.8 Å². The van der Waals surface area contributed by atoms with Gasteiger partial charge in [-0.3, -0.25) is 0 Å². The van der Waals surface area contributed by atoms with Gasteiger partial charge in [0.25, 0.3) is 0 Å². The molecule has 30 heavy (non-hydrogen) atoms. The van der Waals surface area contributed by atoms with Crippen molar-refractivity contribution in [1.82, 2.24) is 19.7 Å². The summed E-state index contributed by atoms with van der Waals surface area (Å²) in [5, 5.41) is 22.0. The van der Waals surface area contributed by atoms with Gasteiger partial charge in [0.1, 0.15) is 5.65 Å². The van der Waals surface area contributed by atoms with Crippen LogP contribution in [0.25, 0.3) is 27.8 Å². The number of alkyl halides is 3. The summed E-state index contributed by atoms with van der Waals surface area (Å²) >= 11 is 6.25. The van der Waals surface area contributed by atoms with Crippen LogP contribution in [0.2, 0.25) is 5.02 Å². The largest absolute Gasteiger partial charge is 0.490 e. The second kappa shape index (κ2) is 8.26. The van der Waals surface area contributed by atoms with E-state index in [1.807, 2.05) is 24.5 Å². The summed E-state index contributed by atoms with van der Waals surface area (Å²) in [6.45, 7) is 0. The molecule has 0 unspecified atom stereocenters. The van der Waals surface area contributed by atoms with Crippen molar-refractivity contribution in [2.75, 3.05) is 0 Å². The summed E-state index contributed by atoms with van der Waals surface area (Å²) in [5.74, 6) is -2.76. The lowest BCUT2D eigenvalue weighted by molar-refractivity contribution is -0.192. The smallest absolute Gasteiger partial charge is 0.475 e. The van der Waals surface area contributed by atoms with E-state index in [4.69, 9.17) is 26.8 Å². The van der Waals surface area contributed by atoms with Gasteiger partial charge in [-0.15, -0.1) is 0 Å². The van der Waals surface area contributed by atoms with Gasteiger partial charge in [-0.2, -0.15) is 23.5 Å². The monoisotopic (exact) mass is 433 g/mol. The summed E-state index contributed by atoms with van der Waals surface area (Å²) in [5.41, 5.74) is 4.11. The van der Waals surface area contributed by atoms with E-state index in [1.165, 1.54) is 0 Å². The standard InChI is InChI=1S/C17H10ClN5.C2HF3O2/c18-15-7-11(8-19)1-2-16(15)23-10-12(9-22-23)13-3-5-20-17-14(13)4-6-21-17;3-2(4,5)1(6)7/h1-7,9-10H,(H,20,21);(H,6,7). The number of aromatic amines is 1. The summed E-state index contributed by atoms with van der Waals surface area (Å²) in [6.07, 6.45) is 2.24. The fourth-order valence-electron chi connectivity index (χ4n) is 2.57. The zero-order valence-corrected chi connectivity index (χ0v) is 15.6. The summed E-state index contributed by atoms with van der Waals surface area (Å²) in [6, 6.07) is 11.2. The van der Waals surface area contributed by atoms with Gasteiger partial charge in [-0.1, -0.05) is 11.6 Å². The van der Waals surface area contributed by atoms with Crippen molar-refractivity contribution in [2.24, 2.45) is 0 Å². The Kier molecular flexibility index (Phi) is 5.75. The molecule has 0 atom stereocenters. The zero-order valence-electron chi connectivity index (χ0n) is 14.9. The molecule has 0 radical (unpaired) electrons. The molecular formula is C19H11ClF3N5O2. The molecule has 0 aliphatic heterocycles. The van der Waals surface area contributed by atoms with Crippen LogP contribution < -0.4 is 0 Å². The van der Waals surface area contributed by atoms with Gasteiger partial charge in [-0.25, -0.2) is 14.5 Å². The minimum atomic E-state index is -5.08. The Bertz CT molecular complexity index is 1260. The van der Waals surface area contributed by atoms with Crippen LogP contribution in [0.15, 0.2) is 55.1 Å². The second-order valence-electron chi connectivity index (χ2n) is 5.85. The van der Waals surface area contributed by atoms with Gasteiger partial charge < -0.3 is 10.1 Å². The van der Waals surface area contributed by atoms with Crippen LogP contribution in [0.5, 0.6) is 0 Å². The number of hydrogen-bond donors (Lipinski definition) is 2. The molecular weight excluding hydrogens is 423 g/mol. The fourth-order valence-corrected chi connectivity index (χ4v) is 2.84. The van der Waals surface area contributed by atoms with Crippen LogP contribution in [-0.4, -0.2) is 37.0 Å². The average Bonchev–Trinajstić information content (AvgIpc) is 3.37. The molecule has 1 aromatic carbocycles. The van der Waals surface area contributed by atoms with E-state index >= 15 is 0 Å². The number of carboxylic acid groups (broad SMARTS) is 1. The number of hydrogen-bond acceptors (Lipinski definition) is 4. The maximum absolute atomic E-state index is 10.6. The minimum absolute atomic E-state index is 0.486. The minimum Gasteiger partial charge on any atom is -0.475 e. The lowest BCUT2D eigenvalue weighted by Crippen LogP contribution is -2.21. The van der Waals surface area contributed by atoms with E-state index < -0.39 is 12.1 Å². The van der Waals surface area contributed by atoms with Gasteiger partial charge >= 0.3 is 12.1 Å². The van der Waals surface area contributed by atoms with Crippen LogP contribution in [0.3, 0.4) is 0 Å². The molecule has 7 nitrogen and oxygen atoms in total. The van der Waals surface area contributed by atoms with Crippen LogP contribution in [0, 0.1) is 11.3 Å². The van der Waals surface area contributed by atoms with E-state index in [2.05, 4.69) is 21.1 Å². The van der Waals surface area contributed by atoms with E-state index in [9.17, 15) is 13.2 Å². The zero-order chi connectivity index (χ0) is 21.9. The van der Waals surface area contributed by atoms with Crippen molar-refractivity contribution < 1.29 is 23.1 Å². The number of carbonyl (C=O) groups is 1. The first kappa shape index (κ1) is 20.9. The van der Waals surface area contributed by atoms with Crippen molar-refractivity contribution in [1.29, 1.82) is 5.26 Å². The molecule has 0 bridgehead atoms. The Labute approximate surface area is 172 Å². The number of halogens is 4. The average molecular weight is 434 g/mol. The number of aliphatic carboxylic acids is 1. The van der Waals surface area contributed by atoms with Crippen molar-refractivity contribution in [3.8, 4) is 22.9 Å². The number of fused-ring (bicyclic) bond motifs is 1. The number of aromatic nitrogens is 4. The predicted molar refractivity (Wildman–Crippen MR) is 102 cm³/mol. The molecule has 4 rings (SSSR count). The first-order chi connectivity index (χ1) is 14.2. The highest BCUT2D eigenvalue weighted by atomic mass is 35.5. The quantitative estimate of drug-likeness (QED) is 0.481. The highest BCUT2D eigenvalue weighted by Gasteiger charge is 2.38. The number of rotatable bonds is 2. The predicted octanol–water partition coefficient (Wildman–Crippen LogP) is 4.57. The van der Waals surface area contributed by atoms with Crippen LogP contribution in [0.4, 0.5) is 13.2 Å². The lowest BCUT2D eigenvalue weighted by atomic mass is 10.1. The number of carboxylic acids is 1. The van der Waals surface area contributed by atoms with Gasteiger partial charge in [0.05, 0.1) is 28.5 Å². The van der Waals surface area contributed by atoms with Gasteiger partial charge in [0, 0.05) is 29.5 Å². The van der Waals surface area contributed by atoms with E-state index in [0.29, 0.717) is 10.6 Å². The normalized spacial score (nSPS) is 10.9. The molecule has 3 heterocycles.